The van der Waals surface area contributed by atoms with Crippen molar-refractivity contribution in [2.24, 2.45) is 0 Å². The van der Waals surface area contributed by atoms with E-state index in [1.807, 2.05) is 22.6 Å². The molecule has 1 aromatic rings. The molecule has 1 amide bonds. The van der Waals surface area contributed by atoms with Gasteiger partial charge in [-0.15, -0.1) is 0 Å². The Morgan fingerprint density at radius 2 is 2.16 bits per heavy atom. The van der Waals surface area contributed by atoms with Gasteiger partial charge >= 0.3 is 13.1 Å². The van der Waals surface area contributed by atoms with Crippen LogP contribution in [0.2, 0.25) is 0 Å². The lowest BCUT2D eigenvalue weighted by Gasteiger charge is -2.29. The topological polar surface area (TPSA) is 102 Å². The van der Waals surface area contributed by atoms with E-state index in [9.17, 15) is 19.4 Å². The largest absolute Gasteiger partial charge is 0.547 e. The molecule has 9 heteroatoms. The number of carbonyl (C=O) groups excluding carboxylic acids is 3. The number of esters is 1. The molecule has 1 aliphatic rings. The van der Waals surface area contributed by atoms with Gasteiger partial charge in [-0.3, -0.25) is 4.79 Å². The standard InChI is InChI=1S/C16H19BINO6/c1-10(20)4-2-7-14(21)19-13-8-11-5-3-6-12(16(22)24-9-18)15(11)25-17(13)23/h3,5-6,13,23H,2,4,7-9H2,1H3,(H,19,21)/t13-/m0/s1. The summed E-state index contributed by atoms with van der Waals surface area (Å²) in [6, 6.07) is 5.05. The fraction of sp³-hybridized carbons (Fsp3) is 0.438. The van der Waals surface area contributed by atoms with Gasteiger partial charge < -0.3 is 24.5 Å². The molecular formula is C16H19BINO6. The van der Waals surface area contributed by atoms with Gasteiger partial charge in [0.2, 0.25) is 5.91 Å². The lowest BCUT2D eigenvalue weighted by atomic mass is 9.72. The number of halogens is 1. The van der Waals surface area contributed by atoms with Crippen molar-refractivity contribution in [2.45, 2.75) is 38.5 Å². The molecule has 2 rings (SSSR count). The van der Waals surface area contributed by atoms with Crippen LogP contribution in [0.3, 0.4) is 0 Å². The Labute approximate surface area is 159 Å². The summed E-state index contributed by atoms with van der Waals surface area (Å²) in [6.07, 6.45) is 1.36. The highest BCUT2D eigenvalue weighted by molar-refractivity contribution is 14.1. The van der Waals surface area contributed by atoms with Gasteiger partial charge in [-0.25, -0.2) is 4.79 Å². The minimum absolute atomic E-state index is 0.0358. The van der Waals surface area contributed by atoms with Crippen molar-refractivity contribution >= 4 is 47.4 Å². The molecule has 0 bridgehead atoms. The molecule has 2 N–H and O–H groups in total. The zero-order chi connectivity index (χ0) is 18.4. The summed E-state index contributed by atoms with van der Waals surface area (Å²) < 4.78 is 10.7. The smallest absolute Gasteiger partial charge is 0.534 e. The number of hydrogen-bond donors (Lipinski definition) is 2. The van der Waals surface area contributed by atoms with Gasteiger partial charge in [0.1, 0.15) is 21.7 Å². The number of ether oxygens (including phenoxy) is 1. The number of benzene rings is 1. The molecule has 0 unspecified atom stereocenters. The molecule has 0 saturated carbocycles. The maximum atomic E-state index is 12.0. The summed E-state index contributed by atoms with van der Waals surface area (Å²) in [5.74, 6) is -1.07. The Bertz CT molecular complexity index is 668. The molecule has 7 nitrogen and oxygen atoms in total. The first-order valence-electron chi connectivity index (χ1n) is 7.91. The summed E-state index contributed by atoms with van der Waals surface area (Å²) in [6.45, 7) is 1.48. The molecule has 0 fully saturated rings. The third kappa shape index (κ3) is 5.43. The number of rotatable bonds is 7. The summed E-state index contributed by atoms with van der Waals surface area (Å²) in [5.41, 5.74) is 0.960. The van der Waals surface area contributed by atoms with Crippen molar-refractivity contribution in [3.05, 3.63) is 29.3 Å². The molecule has 25 heavy (non-hydrogen) atoms. The second kappa shape index (κ2) is 9.18. The molecule has 0 saturated heterocycles. The molecule has 1 aromatic carbocycles. The number of nitrogens with one attached hydrogen (secondary N) is 1. The monoisotopic (exact) mass is 459 g/mol. The molecule has 1 atom stereocenters. The predicted octanol–water partition coefficient (Wildman–Crippen LogP) is 1.43. The van der Waals surface area contributed by atoms with Gasteiger partial charge in [0.15, 0.2) is 0 Å². The predicted molar refractivity (Wildman–Crippen MR) is 99.5 cm³/mol. The van der Waals surface area contributed by atoms with Crippen molar-refractivity contribution in [2.75, 3.05) is 4.61 Å². The fourth-order valence-electron chi connectivity index (χ4n) is 2.61. The number of alkyl halides is 1. The molecule has 0 radical (unpaired) electrons. The number of hydrogen-bond acceptors (Lipinski definition) is 6. The summed E-state index contributed by atoms with van der Waals surface area (Å²) in [5, 5.41) is 12.9. The summed E-state index contributed by atoms with van der Waals surface area (Å²) in [7, 11) is -1.27. The van der Waals surface area contributed by atoms with Crippen LogP contribution < -0.4 is 9.97 Å². The maximum absolute atomic E-state index is 12.0. The Morgan fingerprint density at radius 1 is 1.40 bits per heavy atom. The maximum Gasteiger partial charge on any atom is 0.547 e. The molecule has 1 heterocycles. The Kier molecular flexibility index (Phi) is 7.24. The van der Waals surface area contributed by atoms with Crippen LogP contribution >= 0.6 is 22.6 Å². The minimum Gasteiger partial charge on any atom is -0.534 e. The Morgan fingerprint density at radius 3 is 2.84 bits per heavy atom. The molecule has 0 aromatic heterocycles. The van der Waals surface area contributed by atoms with Crippen molar-refractivity contribution in [1.82, 2.24) is 5.32 Å². The first-order valence-corrected chi connectivity index (χ1v) is 9.43. The molecular weight excluding hydrogens is 440 g/mol. The normalized spacial score (nSPS) is 15.8. The van der Waals surface area contributed by atoms with Gasteiger partial charge in [0.25, 0.3) is 0 Å². The molecule has 1 aliphatic heterocycles. The van der Waals surface area contributed by atoms with Crippen LogP contribution in [0.15, 0.2) is 18.2 Å². The van der Waals surface area contributed by atoms with Crippen LogP contribution in [0.25, 0.3) is 0 Å². The van der Waals surface area contributed by atoms with Crippen LogP contribution in [-0.2, 0) is 20.7 Å². The van der Waals surface area contributed by atoms with E-state index in [0.717, 1.165) is 0 Å². The first kappa shape index (κ1) is 19.7. The van der Waals surface area contributed by atoms with E-state index in [1.165, 1.54) is 6.92 Å². The van der Waals surface area contributed by atoms with Gasteiger partial charge in [-0.05, 0) is 54.0 Å². The van der Waals surface area contributed by atoms with Gasteiger partial charge in [-0.1, -0.05) is 12.1 Å². The van der Waals surface area contributed by atoms with Crippen molar-refractivity contribution < 1.29 is 28.8 Å². The fourth-order valence-corrected chi connectivity index (χ4v) is 2.90. The lowest BCUT2D eigenvalue weighted by molar-refractivity contribution is -0.121. The van der Waals surface area contributed by atoms with Gasteiger partial charge in [0, 0.05) is 12.8 Å². The third-order valence-corrected chi connectivity index (χ3v) is 4.12. The van der Waals surface area contributed by atoms with Crippen molar-refractivity contribution in [3.8, 4) is 5.75 Å². The van der Waals surface area contributed by atoms with Gasteiger partial charge in [-0.2, -0.15) is 0 Å². The number of fused-ring (bicyclic) bond motifs is 1. The Balaban J connectivity index is 2.03. The quantitative estimate of drug-likeness (QED) is 0.277. The van der Waals surface area contributed by atoms with E-state index in [4.69, 9.17) is 9.39 Å². The molecule has 0 spiro atoms. The second-order valence-corrected chi connectivity index (χ2v) is 6.40. The van der Waals surface area contributed by atoms with Gasteiger partial charge in [0.05, 0.1) is 5.94 Å². The SMILES string of the molecule is CC(=O)CCCC(=O)N[C@H]1Cc2cccc(C(=O)OCI)c2OB1O. The van der Waals surface area contributed by atoms with E-state index in [-0.39, 0.29) is 34.0 Å². The lowest BCUT2D eigenvalue weighted by Crippen LogP contribution is -2.53. The number of ketones is 1. The van der Waals surface area contributed by atoms with Crippen LogP contribution in [0.5, 0.6) is 5.75 Å². The Hall–Kier alpha value is -1.62. The zero-order valence-electron chi connectivity index (χ0n) is 13.8. The van der Waals surface area contributed by atoms with E-state index >= 15 is 0 Å². The molecule has 134 valence electrons. The second-order valence-electron chi connectivity index (χ2n) is 5.78. The third-order valence-electron chi connectivity index (χ3n) is 3.80. The highest BCUT2D eigenvalue weighted by atomic mass is 127. The first-order chi connectivity index (χ1) is 11.9. The van der Waals surface area contributed by atoms with E-state index in [0.29, 0.717) is 24.8 Å². The van der Waals surface area contributed by atoms with Crippen LogP contribution in [0, 0.1) is 0 Å². The summed E-state index contributed by atoms with van der Waals surface area (Å²) >= 11 is 1.92. The van der Waals surface area contributed by atoms with Crippen molar-refractivity contribution in [1.29, 1.82) is 0 Å². The number of Topliss-reactive ketones (excluding diaryl/α,β-unsaturated/α-hetero) is 1. The number of carbonyl (C=O) groups is 3. The van der Waals surface area contributed by atoms with Crippen LogP contribution in [0.4, 0.5) is 0 Å². The highest BCUT2D eigenvalue weighted by Gasteiger charge is 2.37. The van der Waals surface area contributed by atoms with Crippen molar-refractivity contribution in [3.63, 3.8) is 0 Å². The zero-order valence-corrected chi connectivity index (χ0v) is 15.9. The minimum atomic E-state index is -1.27. The number of para-hydroxylation sites is 1. The van der Waals surface area contributed by atoms with E-state index < -0.39 is 19.0 Å². The van der Waals surface area contributed by atoms with Crippen LogP contribution in [-0.4, -0.2) is 40.4 Å². The highest BCUT2D eigenvalue weighted by Crippen LogP contribution is 2.30. The van der Waals surface area contributed by atoms with Crippen LogP contribution in [0.1, 0.15) is 42.1 Å². The molecule has 0 aliphatic carbocycles. The summed E-state index contributed by atoms with van der Waals surface area (Å²) in [4.78, 5) is 34.8. The van der Waals surface area contributed by atoms with E-state index in [1.54, 1.807) is 18.2 Å². The average molecular weight is 459 g/mol. The average Bonchev–Trinajstić information content (AvgIpc) is 2.55. The number of amides is 1. The van der Waals surface area contributed by atoms with E-state index in [2.05, 4.69) is 5.32 Å².